The minimum Gasteiger partial charge on any atom is -0.326 e. The van der Waals surface area contributed by atoms with E-state index < -0.39 is 4.92 Å². The van der Waals surface area contributed by atoms with Crippen LogP contribution in [0.5, 0.6) is 0 Å². The van der Waals surface area contributed by atoms with Gasteiger partial charge in [-0.3, -0.25) is 14.9 Å². The zero-order valence-corrected chi connectivity index (χ0v) is 14.6. The van der Waals surface area contributed by atoms with Gasteiger partial charge in [0.05, 0.1) is 4.92 Å². The van der Waals surface area contributed by atoms with Crippen molar-refractivity contribution >= 4 is 29.0 Å². The number of benzene rings is 2. The van der Waals surface area contributed by atoms with Crippen molar-refractivity contribution < 1.29 is 14.5 Å². The van der Waals surface area contributed by atoms with Crippen molar-refractivity contribution in [3.8, 4) is 0 Å². The largest absolute Gasteiger partial charge is 0.326 e. The molecular weight excluding hydrogens is 348 g/mol. The molecule has 0 bridgehead atoms. The number of para-hydroxylation sites is 1. The summed E-state index contributed by atoms with van der Waals surface area (Å²) < 4.78 is 0. The van der Waals surface area contributed by atoms with E-state index in [9.17, 15) is 19.7 Å². The van der Waals surface area contributed by atoms with Crippen molar-refractivity contribution in [2.45, 2.75) is 12.8 Å². The fraction of sp³-hybridized carbons (Fsp3) is 0.263. The number of hydrogen-bond acceptors (Lipinski definition) is 4. The average Bonchev–Trinajstić information content (AvgIpc) is 2.69. The topological polar surface area (TPSA) is 105 Å². The van der Waals surface area contributed by atoms with E-state index in [-0.39, 0.29) is 23.5 Å². The predicted molar refractivity (Wildman–Crippen MR) is 101 cm³/mol. The molecule has 1 aliphatic heterocycles. The Bertz CT molecular complexity index is 833. The lowest BCUT2D eigenvalue weighted by Gasteiger charge is -2.31. The number of piperidine rings is 1. The van der Waals surface area contributed by atoms with Crippen LogP contribution in [0.3, 0.4) is 0 Å². The molecule has 0 aromatic heterocycles. The van der Waals surface area contributed by atoms with E-state index in [2.05, 4.69) is 10.6 Å². The number of urea groups is 1. The Morgan fingerprint density at radius 2 is 1.63 bits per heavy atom. The molecule has 2 N–H and O–H groups in total. The lowest BCUT2D eigenvalue weighted by molar-refractivity contribution is -0.384. The van der Waals surface area contributed by atoms with Gasteiger partial charge < -0.3 is 15.5 Å². The van der Waals surface area contributed by atoms with Gasteiger partial charge in [-0.1, -0.05) is 24.3 Å². The standard InChI is InChI=1S/C19H20N4O4/c24-18(20-16-7-4-8-17(13-16)23(26)27)14-9-11-22(12-10-14)19(25)21-15-5-2-1-3-6-15/h1-8,13-14H,9-12H2,(H,20,24)(H,21,25). The zero-order chi connectivity index (χ0) is 19.2. The highest BCUT2D eigenvalue weighted by atomic mass is 16.6. The lowest BCUT2D eigenvalue weighted by Crippen LogP contribution is -2.43. The molecule has 1 aliphatic rings. The molecule has 8 nitrogen and oxygen atoms in total. The first-order chi connectivity index (χ1) is 13.0. The quantitative estimate of drug-likeness (QED) is 0.637. The predicted octanol–water partition coefficient (Wildman–Crippen LogP) is 3.48. The molecule has 2 aromatic carbocycles. The van der Waals surface area contributed by atoms with Gasteiger partial charge in [-0.05, 0) is 31.0 Å². The van der Waals surface area contributed by atoms with Crippen LogP contribution in [0.2, 0.25) is 0 Å². The molecule has 2 aromatic rings. The second kappa shape index (κ2) is 8.31. The highest BCUT2D eigenvalue weighted by Crippen LogP contribution is 2.22. The average molecular weight is 368 g/mol. The molecule has 140 valence electrons. The van der Waals surface area contributed by atoms with Gasteiger partial charge >= 0.3 is 6.03 Å². The van der Waals surface area contributed by atoms with Gasteiger partial charge in [0.25, 0.3) is 5.69 Å². The Labute approximate surface area is 156 Å². The number of nitro benzene ring substituents is 1. The molecule has 8 heteroatoms. The molecule has 27 heavy (non-hydrogen) atoms. The first kappa shape index (κ1) is 18.4. The second-order valence-corrected chi connectivity index (χ2v) is 6.35. The minimum atomic E-state index is -0.501. The number of non-ortho nitro benzene ring substituents is 1. The molecule has 1 fully saturated rings. The molecule has 0 radical (unpaired) electrons. The van der Waals surface area contributed by atoms with E-state index in [0.717, 1.165) is 5.69 Å². The fourth-order valence-electron chi connectivity index (χ4n) is 3.01. The normalized spacial score (nSPS) is 14.4. The third kappa shape index (κ3) is 4.81. The van der Waals surface area contributed by atoms with Crippen LogP contribution in [0.15, 0.2) is 54.6 Å². The molecule has 1 heterocycles. The van der Waals surface area contributed by atoms with E-state index >= 15 is 0 Å². The Balaban J connectivity index is 1.51. The number of nitrogens with one attached hydrogen (secondary N) is 2. The minimum absolute atomic E-state index is 0.0693. The SMILES string of the molecule is O=C(Nc1cccc([N+](=O)[O-])c1)C1CCN(C(=O)Nc2ccccc2)CC1. The lowest BCUT2D eigenvalue weighted by atomic mass is 9.96. The summed E-state index contributed by atoms with van der Waals surface area (Å²) in [5.41, 5.74) is 1.06. The second-order valence-electron chi connectivity index (χ2n) is 6.35. The molecule has 0 atom stereocenters. The molecule has 0 unspecified atom stereocenters. The third-order valence-electron chi connectivity index (χ3n) is 4.50. The number of nitro groups is 1. The maximum absolute atomic E-state index is 12.4. The van der Waals surface area contributed by atoms with Crippen LogP contribution in [0, 0.1) is 16.0 Å². The number of anilines is 2. The number of amides is 3. The molecule has 0 aliphatic carbocycles. The summed E-state index contributed by atoms with van der Waals surface area (Å²) in [5.74, 6) is -0.413. The Morgan fingerprint density at radius 3 is 2.30 bits per heavy atom. The number of hydrogen-bond donors (Lipinski definition) is 2. The van der Waals surface area contributed by atoms with Gasteiger partial charge in [-0.15, -0.1) is 0 Å². The van der Waals surface area contributed by atoms with Crippen molar-refractivity contribution in [3.05, 3.63) is 64.7 Å². The first-order valence-corrected chi connectivity index (χ1v) is 8.69. The fourth-order valence-corrected chi connectivity index (χ4v) is 3.01. The molecule has 3 amide bonds. The van der Waals surface area contributed by atoms with Crippen LogP contribution >= 0.6 is 0 Å². The van der Waals surface area contributed by atoms with Crippen molar-refractivity contribution in [3.63, 3.8) is 0 Å². The summed E-state index contributed by atoms with van der Waals surface area (Å²) in [6.45, 7) is 0.956. The maximum Gasteiger partial charge on any atom is 0.321 e. The number of likely N-dealkylation sites (tertiary alicyclic amines) is 1. The number of nitrogens with zero attached hydrogens (tertiary/aromatic N) is 2. The van der Waals surface area contributed by atoms with Gasteiger partial charge in [-0.25, -0.2) is 4.79 Å². The van der Waals surface area contributed by atoms with Crippen LogP contribution in [-0.4, -0.2) is 34.9 Å². The van der Waals surface area contributed by atoms with E-state index in [0.29, 0.717) is 31.6 Å². The van der Waals surface area contributed by atoms with E-state index in [1.165, 1.54) is 18.2 Å². The van der Waals surface area contributed by atoms with Gasteiger partial charge in [0, 0.05) is 42.5 Å². The van der Waals surface area contributed by atoms with Crippen molar-refractivity contribution in [2.75, 3.05) is 23.7 Å². The van der Waals surface area contributed by atoms with Crippen molar-refractivity contribution in [1.82, 2.24) is 4.90 Å². The van der Waals surface area contributed by atoms with Crippen LogP contribution in [-0.2, 0) is 4.79 Å². The molecule has 3 rings (SSSR count). The third-order valence-corrected chi connectivity index (χ3v) is 4.50. The summed E-state index contributed by atoms with van der Waals surface area (Å²) in [6, 6.07) is 14.9. The smallest absolute Gasteiger partial charge is 0.321 e. The molecule has 0 saturated carbocycles. The summed E-state index contributed by atoms with van der Waals surface area (Å²) in [7, 11) is 0. The van der Waals surface area contributed by atoms with Gasteiger partial charge in [0.15, 0.2) is 0 Å². The Morgan fingerprint density at radius 1 is 0.963 bits per heavy atom. The van der Waals surface area contributed by atoms with Crippen LogP contribution in [0.4, 0.5) is 21.9 Å². The summed E-state index contributed by atoms with van der Waals surface area (Å²) in [6.07, 6.45) is 1.09. The van der Waals surface area contributed by atoms with Gasteiger partial charge in [0.2, 0.25) is 5.91 Å². The molecule has 0 spiro atoms. The molecule has 1 saturated heterocycles. The van der Waals surface area contributed by atoms with Gasteiger partial charge in [-0.2, -0.15) is 0 Å². The van der Waals surface area contributed by atoms with Gasteiger partial charge in [0.1, 0.15) is 0 Å². The van der Waals surface area contributed by atoms with Crippen molar-refractivity contribution in [1.29, 1.82) is 0 Å². The Kier molecular flexibility index (Phi) is 5.65. The Hall–Kier alpha value is -3.42. The zero-order valence-electron chi connectivity index (χ0n) is 14.6. The van der Waals surface area contributed by atoms with Crippen LogP contribution in [0.25, 0.3) is 0 Å². The van der Waals surface area contributed by atoms with Crippen molar-refractivity contribution in [2.24, 2.45) is 5.92 Å². The van der Waals surface area contributed by atoms with E-state index in [4.69, 9.17) is 0 Å². The highest BCUT2D eigenvalue weighted by Gasteiger charge is 2.27. The molecular formula is C19H20N4O4. The number of carbonyl (C=O) groups excluding carboxylic acids is 2. The van der Waals surface area contributed by atoms with Crippen LogP contribution in [0.1, 0.15) is 12.8 Å². The highest BCUT2D eigenvalue weighted by molar-refractivity contribution is 5.93. The first-order valence-electron chi connectivity index (χ1n) is 8.69. The number of rotatable bonds is 4. The summed E-state index contributed by atoms with van der Waals surface area (Å²) >= 11 is 0. The van der Waals surface area contributed by atoms with Crippen LogP contribution < -0.4 is 10.6 Å². The van der Waals surface area contributed by atoms with E-state index in [1.807, 2.05) is 30.3 Å². The summed E-state index contributed by atoms with van der Waals surface area (Å²) in [5, 5.41) is 16.4. The maximum atomic E-state index is 12.4. The summed E-state index contributed by atoms with van der Waals surface area (Å²) in [4.78, 5) is 36.7. The number of carbonyl (C=O) groups is 2. The monoisotopic (exact) mass is 368 g/mol. The van der Waals surface area contributed by atoms with E-state index in [1.54, 1.807) is 11.0 Å².